The molecule has 0 saturated carbocycles. The first-order valence-corrected chi connectivity index (χ1v) is 6.59. The maximum atomic E-state index is 9.13. The summed E-state index contributed by atoms with van der Waals surface area (Å²) < 4.78 is 1.92. The molecular formula is C13H26N4O. The Kier molecular flexibility index (Phi) is 5.28. The first-order chi connectivity index (χ1) is 8.36. The van der Waals surface area contributed by atoms with E-state index in [1.54, 1.807) is 6.33 Å². The van der Waals surface area contributed by atoms with Gasteiger partial charge in [-0.3, -0.25) is 0 Å². The van der Waals surface area contributed by atoms with Gasteiger partial charge < -0.3 is 10.4 Å². The zero-order chi connectivity index (χ0) is 13.8. The van der Waals surface area contributed by atoms with Crippen molar-refractivity contribution in [1.29, 1.82) is 0 Å². The van der Waals surface area contributed by atoms with Gasteiger partial charge in [-0.25, -0.2) is 9.67 Å². The highest BCUT2D eigenvalue weighted by molar-refractivity contribution is 4.89. The smallest absolute Gasteiger partial charge is 0.141 e. The third-order valence-corrected chi connectivity index (χ3v) is 3.11. The minimum Gasteiger partial charge on any atom is -0.396 e. The molecule has 5 nitrogen and oxygen atoms in total. The number of nitrogens with one attached hydrogen (secondary N) is 1. The van der Waals surface area contributed by atoms with Crippen molar-refractivity contribution in [2.75, 3.05) is 6.61 Å². The molecule has 5 heteroatoms. The summed E-state index contributed by atoms with van der Waals surface area (Å²) in [7, 11) is 0. The number of hydrogen-bond donors (Lipinski definition) is 2. The van der Waals surface area contributed by atoms with Gasteiger partial charge in [-0.2, -0.15) is 5.10 Å². The molecule has 1 unspecified atom stereocenters. The monoisotopic (exact) mass is 254 g/mol. The van der Waals surface area contributed by atoms with Crippen LogP contribution in [0.3, 0.4) is 0 Å². The number of hydrogen-bond acceptors (Lipinski definition) is 4. The van der Waals surface area contributed by atoms with Crippen molar-refractivity contribution < 1.29 is 5.11 Å². The number of aromatic nitrogens is 3. The molecule has 0 fully saturated rings. The summed E-state index contributed by atoms with van der Waals surface area (Å²) in [6, 6.07) is 0.579. The first-order valence-electron chi connectivity index (χ1n) is 6.59. The van der Waals surface area contributed by atoms with E-state index in [4.69, 9.17) is 5.11 Å². The van der Waals surface area contributed by atoms with Crippen LogP contribution in [0.4, 0.5) is 0 Å². The van der Waals surface area contributed by atoms with E-state index in [0.29, 0.717) is 12.6 Å². The Bertz CT molecular complexity index is 354. The fraction of sp³-hybridized carbons (Fsp3) is 0.846. The summed E-state index contributed by atoms with van der Waals surface area (Å²) in [4.78, 5) is 4.28. The van der Waals surface area contributed by atoms with Crippen molar-refractivity contribution >= 4 is 0 Å². The Morgan fingerprint density at radius 2 is 2.06 bits per heavy atom. The van der Waals surface area contributed by atoms with Crippen molar-refractivity contribution in [2.45, 2.75) is 59.7 Å². The van der Waals surface area contributed by atoms with E-state index < -0.39 is 0 Å². The van der Waals surface area contributed by atoms with E-state index in [9.17, 15) is 0 Å². The summed E-state index contributed by atoms with van der Waals surface area (Å²) >= 11 is 0. The molecule has 0 saturated heterocycles. The predicted octanol–water partition coefficient (Wildman–Crippen LogP) is 1.75. The molecule has 1 rings (SSSR count). The number of aliphatic hydroxyl groups excluding tert-OH is 1. The molecule has 0 aliphatic rings. The molecule has 1 atom stereocenters. The molecule has 2 N–H and O–H groups in total. The molecule has 0 amide bonds. The molecular weight excluding hydrogens is 228 g/mol. The van der Waals surface area contributed by atoms with Crippen LogP contribution in [-0.4, -0.2) is 32.5 Å². The van der Waals surface area contributed by atoms with Gasteiger partial charge in [0.2, 0.25) is 0 Å². The summed E-state index contributed by atoms with van der Waals surface area (Å²) in [5.41, 5.74) is 0.116. The van der Waals surface area contributed by atoms with Crippen molar-refractivity contribution in [3.63, 3.8) is 0 Å². The lowest BCUT2D eigenvalue weighted by Crippen LogP contribution is -2.41. The Balaban J connectivity index is 2.64. The molecule has 1 aromatic heterocycles. The van der Waals surface area contributed by atoms with Crippen molar-refractivity contribution in [3.05, 3.63) is 12.2 Å². The molecule has 1 heterocycles. The Hall–Kier alpha value is -0.940. The summed E-state index contributed by atoms with van der Waals surface area (Å²) in [6.07, 6.45) is 2.34. The van der Waals surface area contributed by atoms with Gasteiger partial charge in [-0.15, -0.1) is 0 Å². The maximum Gasteiger partial charge on any atom is 0.141 e. The second-order valence-corrected chi connectivity index (χ2v) is 6.03. The van der Waals surface area contributed by atoms with E-state index >= 15 is 0 Å². The minimum absolute atomic E-state index is 0.116. The van der Waals surface area contributed by atoms with Crippen LogP contribution in [0.15, 0.2) is 6.33 Å². The van der Waals surface area contributed by atoms with Crippen LogP contribution in [0.5, 0.6) is 0 Å². The fourth-order valence-corrected chi connectivity index (χ4v) is 2.02. The van der Waals surface area contributed by atoms with Crippen molar-refractivity contribution in [3.8, 4) is 0 Å². The third kappa shape index (κ3) is 4.07. The number of rotatable bonds is 6. The SMILES string of the molecule is CC(C)n1ncnc1CNC(CCO)C(C)(C)C. The van der Waals surface area contributed by atoms with Gasteiger partial charge in [0.05, 0.1) is 6.54 Å². The molecule has 0 aromatic carbocycles. The lowest BCUT2D eigenvalue weighted by Gasteiger charge is -2.31. The highest BCUT2D eigenvalue weighted by Gasteiger charge is 2.24. The Morgan fingerprint density at radius 3 is 2.56 bits per heavy atom. The summed E-state index contributed by atoms with van der Waals surface area (Å²) in [5, 5.41) is 16.8. The average Bonchev–Trinajstić information content (AvgIpc) is 2.70. The normalized spacial score (nSPS) is 14.2. The van der Waals surface area contributed by atoms with E-state index in [1.807, 2.05) is 4.68 Å². The quantitative estimate of drug-likeness (QED) is 0.812. The van der Waals surface area contributed by atoms with E-state index in [1.165, 1.54) is 0 Å². The molecule has 0 aliphatic heterocycles. The van der Waals surface area contributed by atoms with Gasteiger partial charge in [0.1, 0.15) is 12.2 Å². The highest BCUT2D eigenvalue weighted by Crippen LogP contribution is 2.22. The molecule has 0 bridgehead atoms. The first kappa shape index (κ1) is 15.1. The van der Waals surface area contributed by atoms with Crippen LogP contribution in [0.25, 0.3) is 0 Å². The molecule has 0 radical (unpaired) electrons. The minimum atomic E-state index is 0.116. The lowest BCUT2D eigenvalue weighted by atomic mass is 9.85. The number of nitrogens with zero attached hydrogens (tertiary/aromatic N) is 3. The summed E-state index contributed by atoms with van der Waals surface area (Å²) in [6.45, 7) is 11.6. The van der Waals surface area contributed by atoms with Gasteiger partial charge >= 0.3 is 0 Å². The molecule has 104 valence electrons. The van der Waals surface area contributed by atoms with Crippen molar-refractivity contribution in [1.82, 2.24) is 20.1 Å². The van der Waals surface area contributed by atoms with E-state index in [-0.39, 0.29) is 18.1 Å². The van der Waals surface area contributed by atoms with Crippen molar-refractivity contribution in [2.24, 2.45) is 5.41 Å². The second kappa shape index (κ2) is 6.29. The van der Waals surface area contributed by atoms with Gasteiger partial charge in [0.15, 0.2) is 0 Å². The molecule has 18 heavy (non-hydrogen) atoms. The number of aliphatic hydroxyl groups is 1. The van der Waals surface area contributed by atoms with Crippen LogP contribution in [0, 0.1) is 5.41 Å². The zero-order valence-corrected chi connectivity index (χ0v) is 12.1. The van der Waals surface area contributed by atoms with Crippen LogP contribution in [0.2, 0.25) is 0 Å². The van der Waals surface area contributed by atoms with Gasteiger partial charge in [0, 0.05) is 18.7 Å². The third-order valence-electron chi connectivity index (χ3n) is 3.11. The van der Waals surface area contributed by atoms with Gasteiger partial charge in [0.25, 0.3) is 0 Å². The standard InChI is InChI=1S/C13H26N4O/c1-10(2)17-12(15-9-16-17)8-14-11(6-7-18)13(3,4)5/h9-11,14,18H,6-8H2,1-5H3. The second-order valence-electron chi connectivity index (χ2n) is 6.03. The van der Waals surface area contributed by atoms with E-state index in [0.717, 1.165) is 12.2 Å². The predicted molar refractivity (Wildman–Crippen MR) is 72.2 cm³/mol. The van der Waals surface area contributed by atoms with Gasteiger partial charge in [-0.1, -0.05) is 20.8 Å². The average molecular weight is 254 g/mol. The Labute approximate surface area is 110 Å². The molecule has 0 spiro atoms. The van der Waals surface area contributed by atoms with Crippen LogP contribution >= 0.6 is 0 Å². The molecule has 1 aromatic rings. The highest BCUT2D eigenvalue weighted by atomic mass is 16.3. The van der Waals surface area contributed by atoms with Crippen LogP contribution in [0.1, 0.15) is 52.9 Å². The lowest BCUT2D eigenvalue weighted by molar-refractivity contribution is 0.195. The fourth-order valence-electron chi connectivity index (χ4n) is 2.02. The zero-order valence-electron chi connectivity index (χ0n) is 12.1. The largest absolute Gasteiger partial charge is 0.396 e. The van der Waals surface area contributed by atoms with Crippen LogP contribution in [-0.2, 0) is 6.54 Å². The van der Waals surface area contributed by atoms with E-state index in [2.05, 4.69) is 50.0 Å². The molecule has 0 aliphatic carbocycles. The topological polar surface area (TPSA) is 63.0 Å². The van der Waals surface area contributed by atoms with Crippen LogP contribution < -0.4 is 5.32 Å². The summed E-state index contributed by atoms with van der Waals surface area (Å²) in [5.74, 6) is 0.942. The Morgan fingerprint density at radius 1 is 1.39 bits per heavy atom. The maximum absolute atomic E-state index is 9.13. The van der Waals surface area contributed by atoms with Gasteiger partial charge in [-0.05, 0) is 25.7 Å².